The highest BCUT2D eigenvalue weighted by molar-refractivity contribution is 6.01. The number of rotatable bonds is 12. The number of aromatic nitrogens is 2. The van der Waals surface area contributed by atoms with Crippen LogP contribution in [0.5, 0.6) is 0 Å². The van der Waals surface area contributed by atoms with E-state index in [1.165, 1.54) is 35.1 Å². The lowest BCUT2D eigenvalue weighted by Crippen LogP contribution is -2.68. The molecule has 354 valence electrons. The average molecular weight is 891 g/mol. The second-order valence-electron chi connectivity index (χ2n) is 23.9. The predicted molar refractivity (Wildman–Crippen MR) is 254 cm³/mol. The van der Waals surface area contributed by atoms with E-state index in [4.69, 9.17) is 9.47 Å². The molecule has 4 saturated carbocycles. The molecule has 2 aromatic heterocycles. The molecule has 0 unspecified atom stereocenters. The number of aryl methyl sites for hydroxylation is 1. The Hall–Kier alpha value is -3.08. The second kappa shape index (κ2) is 16.3. The number of allylic oxidation sites excluding steroid dienone is 1. The van der Waals surface area contributed by atoms with Crippen LogP contribution in [0.1, 0.15) is 159 Å². The van der Waals surface area contributed by atoms with Gasteiger partial charge in [-0.25, -0.2) is 0 Å². The number of aliphatic hydroxyl groups excluding tert-OH is 3. The van der Waals surface area contributed by atoms with Crippen LogP contribution >= 0.6 is 0 Å². The van der Waals surface area contributed by atoms with Gasteiger partial charge in [-0.05, 0) is 141 Å². The summed E-state index contributed by atoms with van der Waals surface area (Å²) in [5.41, 5.74) is 8.06. The lowest BCUT2D eigenvalue weighted by atomic mass is 9.34. The van der Waals surface area contributed by atoms with Gasteiger partial charge in [0, 0.05) is 86.3 Å². The van der Waals surface area contributed by atoms with Crippen LogP contribution in [0.15, 0.2) is 41.6 Å². The van der Waals surface area contributed by atoms with E-state index >= 15 is 4.79 Å². The van der Waals surface area contributed by atoms with E-state index in [0.717, 1.165) is 86.0 Å². The fourth-order valence-electron chi connectivity index (χ4n) is 16.9. The Bertz CT molecular complexity index is 2380. The number of fused-ring (bicyclic) bond motifs is 6. The minimum Gasteiger partial charge on any atom is -0.396 e. The largest absolute Gasteiger partial charge is 0.396 e. The summed E-state index contributed by atoms with van der Waals surface area (Å²) in [5, 5.41) is 36.2. The summed E-state index contributed by atoms with van der Waals surface area (Å²) in [5.74, 6) is 0.826. The fraction of sp³-hybridized carbons (Fsp3) is 0.714. The van der Waals surface area contributed by atoms with Gasteiger partial charge in [0.15, 0.2) is 5.78 Å². The van der Waals surface area contributed by atoms with Crippen LogP contribution in [0.2, 0.25) is 0 Å². The first-order valence-electron chi connectivity index (χ1n) is 25.7. The summed E-state index contributed by atoms with van der Waals surface area (Å²) in [4.78, 5) is 33.1. The number of hydrogen-bond acceptors (Lipinski definition) is 7. The molecule has 0 amide bonds. The highest BCUT2D eigenvalue weighted by Crippen LogP contribution is 2.76. The predicted octanol–water partition coefficient (Wildman–Crippen LogP) is 9.73. The Morgan fingerprint density at radius 1 is 0.969 bits per heavy atom. The van der Waals surface area contributed by atoms with Gasteiger partial charge >= 0.3 is 0 Å². The number of Topliss-reactive ketones (excluding diaryl/α,β-unsaturated/α-hetero) is 2. The smallest absolute Gasteiger partial charge is 0.160 e. The molecule has 2 saturated heterocycles. The van der Waals surface area contributed by atoms with E-state index in [-0.39, 0.29) is 47.3 Å². The number of epoxide rings is 1. The molecular formula is C56H78N2O7. The van der Waals surface area contributed by atoms with Gasteiger partial charge in [0.25, 0.3) is 0 Å². The van der Waals surface area contributed by atoms with Crippen LogP contribution in [0.25, 0.3) is 11.0 Å². The number of H-pyrrole nitrogens is 1. The Morgan fingerprint density at radius 2 is 1.69 bits per heavy atom. The Labute approximate surface area is 387 Å². The molecule has 7 aliphatic rings. The van der Waals surface area contributed by atoms with Gasteiger partial charge in [-0.3, -0.25) is 9.59 Å². The average Bonchev–Trinajstić information content (AvgIpc) is 3.81. The van der Waals surface area contributed by atoms with Gasteiger partial charge in [0.2, 0.25) is 0 Å². The number of nitrogens with one attached hydrogen (secondary N) is 1. The van der Waals surface area contributed by atoms with Crippen LogP contribution in [0.4, 0.5) is 0 Å². The number of aromatic amines is 1. The molecule has 4 N–H and O–H groups in total. The number of benzene rings is 1. The monoisotopic (exact) mass is 891 g/mol. The SMILES string of the molecule is Cc1cc(Cc2c(CCO)n(C[C@@H]3C4=C([C@H](C)C[C@@H](O)[C@H]5OC5(C)C)C(=O)C[C@]4(C)[C@@]4(C)CC[C@@H]5[C@@](C)(CCC(=O)[C@@]5(C)C5CCCC5)[C@H]4[C@@H]3O)c3cc[nH]c23)cc(C2CCOCC2)c1. The molecule has 2 aliphatic heterocycles. The van der Waals surface area contributed by atoms with Crippen molar-refractivity contribution in [1.29, 1.82) is 0 Å². The normalized spacial score (nSPS) is 37.1. The zero-order chi connectivity index (χ0) is 46.0. The van der Waals surface area contributed by atoms with Gasteiger partial charge in [-0.1, -0.05) is 71.2 Å². The number of ether oxygens (including phenoxy) is 2. The number of ketones is 2. The number of aliphatic hydroxyl groups is 3. The third-order valence-corrected chi connectivity index (χ3v) is 20.1. The van der Waals surface area contributed by atoms with Gasteiger partial charge in [-0.15, -0.1) is 0 Å². The van der Waals surface area contributed by atoms with E-state index in [1.54, 1.807) is 0 Å². The zero-order valence-corrected chi connectivity index (χ0v) is 40.7. The molecule has 0 spiro atoms. The molecule has 6 fully saturated rings. The van der Waals surface area contributed by atoms with Crippen molar-refractivity contribution in [3.8, 4) is 0 Å². The van der Waals surface area contributed by atoms with E-state index in [1.807, 2.05) is 20.0 Å². The lowest BCUT2D eigenvalue weighted by molar-refractivity contribution is -0.227. The van der Waals surface area contributed by atoms with Crippen molar-refractivity contribution in [2.75, 3.05) is 19.8 Å². The molecule has 10 rings (SSSR count). The van der Waals surface area contributed by atoms with Crippen molar-refractivity contribution in [3.63, 3.8) is 0 Å². The van der Waals surface area contributed by atoms with Crippen LogP contribution < -0.4 is 0 Å². The molecule has 9 nitrogen and oxygen atoms in total. The van der Waals surface area contributed by atoms with Crippen molar-refractivity contribution >= 4 is 22.6 Å². The van der Waals surface area contributed by atoms with Crippen LogP contribution in [0.3, 0.4) is 0 Å². The molecule has 65 heavy (non-hydrogen) atoms. The molecule has 11 atom stereocenters. The lowest BCUT2D eigenvalue weighted by Gasteiger charge is -2.70. The summed E-state index contributed by atoms with van der Waals surface area (Å²) < 4.78 is 14.0. The summed E-state index contributed by atoms with van der Waals surface area (Å²) in [6.07, 6.45) is 11.9. The van der Waals surface area contributed by atoms with E-state index in [2.05, 4.69) is 75.4 Å². The molecule has 0 radical (unpaired) electrons. The first-order chi connectivity index (χ1) is 30.9. The Balaban J connectivity index is 1.11. The maximum Gasteiger partial charge on any atom is 0.160 e. The third kappa shape index (κ3) is 6.99. The van der Waals surface area contributed by atoms with Crippen LogP contribution in [-0.2, 0) is 38.4 Å². The third-order valence-electron chi connectivity index (χ3n) is 20.1. The van der Waals surface area contributed by atoms with Crippen molar-refractivity contribution in [3.05, 3.63) is 69.6 Å². The zero-order valence-electron chi connectivity index (χ0n) is 40.7. The maximum atomic E-state index is 15.1. The summed E-state index contributed by atoms with van der Waals surface area (Å²) in [6, 6.07) is 9.16. The van der Waals surface area contributed by atoms with Gasteiger partial charge in [-0.2, -0.15) is 0 Å². The first kappa shape index (κ1) is 45.7. The highest BCUT2D eigenvalue weighted by Gasteiger charge is 2.73. The quantitative estimate of drug-likeness (QED) is 0.133. The van der Waals surface area contributed by atoms with Crippen LogP contribution in [-0.4, -0.2) is 80.2 Å². The number of hydrogen-bond donors (Lipinski definition) is 4. The molecule has 1 aromatic carbocycles. The van der Waals surface area contributed by atoms with Crippen LogP contribution in [0, 0.1) is 58.2 Å². The minimum atomic E-state index is -0.777. The minimum absolute atomic E-state index is 0.0130. The second-order valence-corrected chi connectivity index (χ2v) is 23.9. The number of nitrogens with zero attached hydrogens (tertiary/aromatic N) is 1. The summed E-state index contributed by atoms with van der Waals surface area (Å²) in [7, 11) is 0. The topological polar surface area (TPSA) is 137 Å². The van der Waals surface area contributed by atoms with Gasteiger partial charge < -0.3 is 34.3 Å². The summed E-state index contributed by atoms with van der Waals surface area (Å²) >= 11 is 0. The summed E-state index contributed by atoms with van der Waals surface area (Å²) in [6.45, 7) is 19.8. The molecular weight excluding hydrogens is 813 g/mol. The van der Waals surface area contributed by atoms with Crippen molar-refractivity contribution in [2.45, 2.75) is 182 Å². The van der Waals surface area contributed by atoms with Crippen molar-refractivity contribution < 1.29 is 34.4 Å². The fourth-order valence-corrected chi connectivity index (χ4v) is 16.9. The molecule has 0 bridgehead atoms. The molecule has 9 heteroatoms. The molecule has 4 heterocycles. The van der Waals surface area contributed by atoms with E-state index in [9.17, 15) is 20.1 Å². The Morgan fingerprint density at radius 3 is 2.38 bits per heavy atom. The van der Waals surface area contributed by atoms with Crippen molar-refractivity contribution in [2.24, 2.45) is 51.2 Å². The Kier molecular flexibility index (Phi) is 11.4. The molecule has 3 aromatic rings. The molecule has 5 aliphatic carbocycles. The standard InChI is InChI=1S/C56H78N2O7/c1-32-25-34(28-36(26-32)35-17-23-64-24-18-35)29-38-40(16-22-59)58(41-15-21-57-48(38)41)31-39-47-46(33(2)27-42(60)51-52(3,4)65-51)43(61)30-55(47,7)54(6)20-13-44-53(5,50(54)49(39)63)19-14-45(62)56(44,8)37-11-9-10-12-37/h15,21,25-26,28,33,35,37,39,42,44,49-51,57,59-60,63H,9-14,16-20,22-24,27,29-31H2,1-8H3/t33-,39-,42-,44-,49-,50-,51-,53-,54+,55+,56+/m1/s1. The number of carbonyl (C=O) groups is 2. The van der Waals surface area contributed by atoms with Gasteiger partial charge in [0.05, 0.1) is 28.8 Å². The van der Waals surface area contributed by atoms with Crippen molar-refractivity contribution in [1.82, 2.24) is 9.55 Å². The van der Waals surface area contributed by atoms with E-state index in [0.29, 0.717) is 56.3 Å². The number of carbonyl (C=O) groups excluding carboxylic acids is 2. The van der Waals surface area contributed by atoms with Gasteiger partial charge in [0.1, 0.15) is 11.9 Å². The first-order valence-corrected chi connectivity index (χ1v) is 25.7. The highest BCUT2D eigenvalue weighted by atomic mass is 16.6. The van der Waals surface area contributed by atoms with E-state index < -0.39 is 34.4 Å². The maximum absolute atomic E-state index is 15.1.